The zero-order valence-electron chi connectivity index (χ0n) is 17.1. The highest BCUT2D eigenvalue weighted by Crippen LogP contribution is 2.13. The first kappa shape index (κ1) is 20.3. The monoisotopic (exact) mass is 383 g/mol. The van der Waals surface area contributed by atoms with Gasteiger partial charge < -0.3 is 15.2 Å². The number of nitrogens with one attached hydrogen (secondary N) is 2. The highest BCUT2D eigenvalue weighted by atomic mass is 15.3. The van der Waals surface area contributed by atoms with Gasteiger partial charge in [0.15, 0.2) is 5.96 Å². The summed E-state index contributed by atoms with van der Waals surface area (Å²) in [5.41, 5.74) is 1.39. The third-order valence-corrected chi connectivity index (χ3v) is 5.14. The van der Waals surface area contributed by atoms with Crippen molar-refractivity contribution in [2.45, 2.75) is 52.2 Å². The van der Waals surface area contributed by atoms with Gasteiger partial charge in [-0.1, -0.05) is 37.3 Å². The Morgan fingerprint density at radius 3 is 2.68 bits per heavy atom. The number of guanidine groups is 1. The van der Waals surface area contributed by atoms with Crippen molar-refractivity contribution in [1.82, 2.24) is 30.3 Å². The molecule has 1 fully saturated rings. The molecule has 0 aliphatic carbocycles. The summed E-state index contributed by atoms with van der Waals surface area (Å²) in [5, 5.41) is 15.1. The van der Waals surface area contributed by atoms with Crippen LogP contribution >= 0.6 is 0 Å². The second-order valence-electron chi connectivity index (χ2n) is 7.24. The number of benzene rings is 1. The number of aryl methyl sites for hydroxylation is 1. The zero-order chi connectivity index (χ0) is 19.6. The van der Waals surface area contributed by atoms with Crippen LogP contribution in [0.25, 0.3) is 0 Å². The van der Waals surface area contributed by atoms with E-state index in [0.29, 0.717) is 12.6 Å². The number of nitrogens with zero attached hydrogens (tertiary/aromatic N) is 5. The molecule has 1 aliphatic heterocycles. The van der Waals surface area contributed by atoms with Crippen LogP contribution in [-0.2, 0) is 19.5 Å². The molecule has 0 spiro atoms. The lowest BCUT2D eigenvalue weighted by Gasteiger charge is -2.33. The highest BCUT2D eigenvalue weighted by molar-refractivity contribution is 5.80. The molecule has 7 heteroatoms. The number of piperidine rings is 1. The number of aromatic nitrogens is 3. The van der Waals surface area contributed by atoms with Crippen LogP contribution in [0.2, 0.25) is 0 Å². The number of hydrogen-bond acceptors (Lipinski definition) is 4. The van der Waals surface area contributed by atoms with E-state index in [1.54, 1.807) is 6.33 Å². The van der Waals surface area contributed by atoms with Gasteiger partial charge in [0.05, 0.1) is 6.54 Å². The summed E-state index contributed by atoms with van der Waals surface area (Å²) in [7, 11) is 0. The van der Waals surface area contributed by atoms with Crippen LogP contribution in [0.4, 0.5) is 0 Å². The van der Waals surface area contributed by atoms with Gasteiger partial charge in [-0.15, -0.1) is 10.2 Å². The van der Waals surface area contributed by atoms with Gasteiger partial charge in [0.2, 0.25) is 0 Å². The fraction of sp³-hybridized carbons (Fsp3) is 0.571. The van der Waals surface area contributed by atoms with Crippen LogP contribution in [0.1, 0.15) is 38.1 Å². The summed E-state index contributed by atoms with van der Waals surface area (Å²) in [4.78, 5) is 7.29. The van der Waals surface area contributed by atoms with Gasteiger partial charge in [-0.2, -0.15) is 0 Å². The van der Waals surface area contributed by atoms with Crippen molar-refractivity contribution in [1.29, 1.82) is 0 Å². The predicted molar refractivity (Wildman–Crippen MR) is 113 cm³/mol. The van der Waals surface area contributed by atoms with Gasteiger partial charge in [-0.3, -0.25) is 9.89 Å². The summed E-state index contributed by atoms with van der Waals surface area (Å²) in [6.07, 6.45) is 4.96. The fourth-order valence-electron chi connectivity index (χ4n) is 3.60. The topological polar surface area (TPSA) is 70.4 Å². The minimum atomic E-state index is 0.478. The van der Waals surface area contributed by atoms with E-state index in [1.165, 1.54) is 5.56 Å². The molecular formula is C21H33N7. The van der Waals surface area contributed by atoms with Gasteiger partial charge in [-0.25, -0.2) is 0 Å². The summed E-state index contributed by atoms with van der Waals surface area (Å²) in [5.74, 6) is 1.93. The lowest BCUT2D eigenvalue weighted by atomic mass is 10.0. The van der Waals surface area contributed by atoms with Crippen molar-refractivity contribution in [2.24, 2.45) is 4.99 Å². The number of hydrogen-bond donors (Lipinski definition) is 2. The molecule has 0 bridgehead atoms. The lowest BCUT2D eigenvalue weighted by Crippen LogP contribution is -2.48. The van der Waals surface area contributed by atoms with Crippen molar-refractivity contribution in [3.05, 3.63) is 48.0 Å². The molecule has 1 aromatic carbocycles. The second-order valence-corrected chi connectivity index (χ2v) is 7.24. The quantitative estimate of drug-likeness (QED) is 0.539. The molecule has 2 aromatic rings. The maximum atomic E-state index is 4.75. The van der Waals surface area contributed by atoms with Crippen LogP contribution in [0, 0.1) is 0 Å². The average Bonchev–Trinajstić information content (AvgIpc) is 3.18. The minimum absolute atomic E-state index is 0.478. The molecule has 0 saturated carbocycles. The van der Waals surface area contributed by atoms with Crippen LogP contribution in [0.3, 0.4) is 0 Å². The molecule has 0 unspecified atom stereocenters. The van der Waals surface area contributed by atoms with E-state index in [9.17, 15) is 0 Å². The summed E-state index contributed by atoms with van der Waals surface area (Å²) in [6.45, 7) is 9.87. The van der Waals surface area contributed by atoms with E-state index < -0.39 is 0 Å². The van der Waals surface area contributed by atoms with Gasteiger partial charge >= 0.3 is 0 Å². The molecule has 28 heavy (non-hydrogen) atoms. The van der Waals surface area contributed by atoms with Crippen molar-refractivity contribution in [3.8, 4) is 0 Å². The van der Waals surface area contributed by atoms with Crippen molar-refractivity contribution < 1.29 is 0 Å². The van der Waals surface area contributed by atoms with Gasteiger partial charge in [0.1, 0.15) is 12.2 Å². The first-order valence-corrected chi connectivity index (χ1v) is 10.5. The van der Waals surface area contributed by atoms with Crippen molar-refractivity contribution in [2.75, 3.05) is 26.2 Å². The van der Waals surface area contributed by atoms with Crippen molar-refractivity contribution >= 4 is 5.96 Å². The summed E-state index contributed by atoms with van der Waals surface area (Å²) < 4.78 is 2.08. The third kappa shape index (κ3) is 6.05. The largest absolute Gasteiger partial charge is 0.357 e. The van der Waals surface area contributed by atoms with Gasteiger partial charge in [0, 0.05) is 45.2 Å². The Bertz CT molecular complexity index is 717. The van der Waals surface area contributed by atoms with E-state index in [1.807, 2.05) is 0 Å². The molecule has 1 aliphatic rings. The maximum Gasteiger partial charge on any atom is 0.191 e. The van der Waals surface area contributed by atoms with E-state index >= 15 is 0 Å². The first-order chi connectivity index (χ1) is 13.8. The molecule has 0 atom stereocenters. The molecular weight excluding hydrogens is 350 g/mol. The molecule has 152 valence electrons. The Kier molecular flexibility index (Phi) is 7.84. The summed E-state index contributed by atoms with van der Waals surface area (Å²) >= 11 is 0. The average molecular weight is 384 g/mol. The standard InChI is InChI=1S/C21H33N7/c1-3-20-26-24-17-28(20)15-12-23-21(22-4-2)25-19-10-13-27(14-11-19)16-18-8-6-5-7-9-18/h5-9,17,19H,3-4,10-16H2,1-2H3,(H2,22,23,25). The Labute approximate surface area is 168 Å². The predicted octanol–water partition coefficient (Wildman–Crippen LogP) is 2.06. The third-order valence-electron chi connectivity index (χ3n) is 5.14. The Morgan fingerprint density at radius 1 is 1.18 bits per heavy atom. The van der Waals surface area contributed by atoms with Crippen molar-refractivity contribution in [3.63, 3.8) is 0 Å². The van der Waals surface area contributed by atoms with Crippen LogP contribution in [0.5, 0.6) is 0 Å². The SMILES string of the molecule is CCNC(=NCCn1cnnc1CC)NC1CCN(Cc2ccccc2)CC1. The minimum Gasteiger partial charge on any atom is -0.357 e. The normalized spacial score (nSPS) is 16.3. The molecule has 0 radical (unpaired) electrons. The Balaban J connectivity index is 1.45. The molecule has 2 heterocycles. The molecule has 1 aromatic heterocycles. The molecule has 7 nitrogen and oxygen atoms in total. The highest BCUT2D eigenvalue weighted by Gasteiger charge is 2.20. The molecule has 0 amide bonds. The zero-order valence-corrected chi connectivity index (χ0v) is 17.1. The van der Waals surface area contributed by atoms with E-state index in [0.717, 1.165) is 63.8 Å². The second kappa shape index (κ2) is 10.8. The lowest BCUT2D eigenvalue weighted by molar-refractivity contribution is 0.198. The Hall–Kier alpha value is -2.41. The summed E-state index contributed by atoms with van der Waals surface area (Å²) in [6, 6.07) is 11.2. The smallest absolute Gasteiger partial charge is 0.191 e. The molecule has 2 N–H and O–H groups in total. The van der Waals surface area contributed by atoms with Crippen LogP contribution < -0.4 is 10.6 Å². The first-order valence-electron chi connectivity index (χ1n) is 10.5. The van der Waals surface area contributed by atoms with E-state index in [-0.39, 0.29) is 0 Å². The number of likely N-dealkylation sites (tertiary alicyclic amines) is 1. The van der Waals surface area contributed by atoms with Gasteiger partial charge in [0.25, 0.3) is 0 Å². The van der Waals surface area contributed by atoms with Gasteiger partial charge in [-0.05, 0) is 25.3 Å². The van der Waals surface area contributed by atoms with E-state index in [2.05, 4.69) is 74.5 Å². The van der Waals surface area contributed by atoms with Crippen LogP contribution in [-0.4, -0.2) is 57.8 Å². The maximum absolute atomic E-state index is 4.75. The molecule has 1 saturated heterocycles. The van der Waals surface area contributed by atoms with E-state index in [4.69, 9.17) is 4.99 Å². The van der Waals surface area contributed by atoms with Crippen LogP contribution in [0.15, 0.2) is 41.7 Å². The fourth-order valence-corrected chi connectivity index (χ4v) is 3.60. The number of rotatable bonds is 8. The Morgan fingerprint density at radius 2 is 1.96 bits per heavy atom. The molecule has 3 rings (SSSR count). The number of aliphatic imine (C=N–C) groups is 1.